The van der Waals surface area contributed by atoms with Crippen LogP contribution in [0.1, 0.15) is 18.9 Å². The number of hydrogen-bond donors (Lipinski definition) is 0. The molecule has 0 aliphatic carbocycles. The van der Waals surface area contributed by atoms with Crippen molar-refractivity contribution in [3.63, 3.8) is 0 Å². The van der Waals surface area contributed by atoms with E-state index in [1.165, 1.54) is 5.39 Å². The summed E-state index contributed by atoms with van der Waals surface area (Å²) in [6.07, 6.45) is 2.63. The molecule has 24 heavy (non-hydrogen) atoms. The minimum absolute atomic E-state index is 0.248. The first-order valence-electron chi connectivity index (χ1n) is 8.36. The van der Waals surface area contributed by atoms with Gasteiger partial charge in [-0.25, -0.2) is 13.4 Å². The van der Waals surface area contributed by atoms with Gasteiger partial charge in [-0.1, -0.05) is 24.3 Å². The lowest BCUT2D eigenvalue weighted by molar-refractivity contribution is 0.213. The van der Waals surface area contributed by atoms with Crippen molar-refractivity contribution >= 4 is 26.4 Å². The van der Waals surface area contributed by atoms with Gasteiger partial charge in [0.2, 0.25) is 0 Å². The summed E-state index contributed by atoms with van der Waals surface area (Å²) in [5, 5.41) is 2.32. The lowest BCUT2D eigenvalue weighted by Crippen LogP contribution is -2.33. The van der Waals surface area contributed by atoms with Crippen LogP contribution in [0.25, 0.3) is 10.8 Å². The van der Waals surface area contributed by atoms with E-state index in [0.29, 0.717) is 18.7 Å². The molecule has 0 N–H and O–H groups in total. The second kappa shape index (κ2) is 6.69. The van der Waals surface area contributed by atoms with Crippen molar-refractivity contribution in [2.24, 2.45) is 0 Å². The summed E-state index contributed by atoms with van der Waals surface area (Å²) in [4.78, 5) is 8.92. The maximum atomic E-state index is 11.9. The highest BCUT2D eigenvalue weighted by molar-refractivity contribution is 7.91. The number of sulfone groups is 1. The van der Waals surface area contributed by atoms with Crippen molar-refractivity contribution in [2.75, 3.05) is 37.0 Å². The second-order valence-corrected chi connectivity index (χ2v) is 9.11. The summed E-state index contributed by atoms with van der Waals surface area (Å²) < 4.78 is 23.8. The van der Waals surface area contributed by atoms with Crippen LogP contribution < -0.4 is 4.90 Å². The molecule has 130 valence electrons. The Hall–Kier alpha value is -1.66. The third-order valence-electron chi connectivity index (χ3n) is 4.81. The topological polar surface area (TPSA) is 53.5 Å². The Balaban J connectivity index is 1.94. The first-order valence-corrected chi connectivity index (χ1v) is 10.2. The molecule has 0 spiro atoms. The van der Waals surface area contributed by atoms with Gasteiger partial charge in [-0.05, 0) is 24.3 Å². The van der Waals surface area contributed by atoms with Crippen LogP contribution >= 0.6 is 0 Å². The SMILES string of the molecule is CC1CCS(=O)(=O)CCN1Cc1cnc(N(C)C)c2ccccc12. The van der Waals surface area contributed by atoms with Crippen molar-refractivity contribution in [1.29, 1.82) is 0 Å². The number of rotatable bonds is 3. The van der Waals surface area contributed by atoms with Crippen LogP contribution in [0, 0.1) is 0 Å². The molecule has 1 aliphatic rings. The minimum Gasteiger partial charge on any atom is -0.362 e. The highest BCUT2D eigenvalue weighted by atomic mass is 32.2. The van der Waals surface area contributed by atoms with Gasteiger partial charge < -0.3 is 4.90 Å². The van der Waals surface area contributed by atoms with Crippen molar-refractivity contribution in [1.82, 2.24) is 9.88 Å². The smallest absolute Gasteiger partial charge is 0.151 e. The highest BCUT2D eigenvalue weighted by Gasteiger charge is 2.25. The summed E-state index contributed by atoms with van der Waals surface area (Å²) in [5.41, 5.74) is 1.15. The van der Waals surface area contributed by atoms with Gasteiger partial charge in [-0.15, -0.1) is 0 Å². The van der Waals surface area contributed by atoms with E-state index in [-0.39, 0.29) is 11.8 Å². The minimum atomic E-state index is -2.90. The molecule has 0 bridgehead atoms. The van der Waals surface area contributed by atoms with Gasteiger partial charge in [0.25, 0.3) is 0 Å². The number of aromatic nitrogens is 1. The molecule has 0 amide bonds. The van der Waals surface area contributed by atoms with E-state index in [1.54, 1.807) is 0 Å². The normalized spacial score (nSPS) is 21.5. The van der Waals surface area contributed by atoms with E-state index in [1.807, 2.05) is 37.3 Å². The Morgan fingerprint density at radius 1 is 1.21 bits per heavy atom. The van der Waals surface area contributed by atoms with Crippen LogP contribution in [0.15, 0.2) is 30.5 Å². The third-order valence-corrected chi connectivity index (χ3v) is 6.48. The molecule has 5 nitrogen and oxygen atoms in total. The Morgan fingerprint density at radius 3 is 2.62 bits per heavy atom. The molecule has 1 aromatic carbocycles. The van der Waals surface area contributed by atoms with E-state index < -0.39 is 9.84 Å². The largest absolute Gasteiger partial charge is 0.362 e. The van der Waals surface area contributed by atoms with Crippen molar-refractivity contribution < 1.29 is 8.42 Å². The maximum Gasteiger partial charge on any atom is 0.151 e. The summed E-state index contributed by atoms with van der Waals surface area (Å²) >= 11 is 0. The molecule has 2 aromatic rings. The van der Waals surface area contributed by atoms with Gasteiger partial charge in [0.15, 0.2) is 9.84 Å². The van der Waals surface area contributed by atoms with E-state index in [2.05, 4.69) is 28.9 Å². The second-order valence-electron chi connectivity index (χ2n) is 6.81. The number of pyridine rings is 1. The van der Waals surface area contributed by atoms with Crippen LogP contribution in [0.2, 0.25) is 0 Å². The zero-order chi connectivity index (χ0) is 17.3. The van der Waals surface area contributed by atoms with Gasteiger partial charge in [0.1, 0.15) is 5.82 Å². The lowest BCUT2D eigenvalue weighted by Gasteiger charge is -2.27. The first kappa shape index (κ1) is 17.2. The molecule has 1 unspecified atom stereocenters. The molecular weight excluding hydrogens is 322 g/mol. The molecule has 1 fully saturated rings. The number of benzene rings is 1. The number of nitrogens with zero attached hydrogens (tertiary/aromatic N) is 3. The van der Waals surface area contributed by atoms with E-state index >= 15 is 0 Å². The van der Waals surface area contributed by atoms with Gasteiger partial charge >= 0.3 is 0 Å². The van der Waals surface area contributed by atoms with Crippen molar-refractivity contribution in [3.8, 4) is 0 Å². The zero-order valence-corrected chi connectivity index (χ0v) is 15.4. The Kier molecular flexibility index (Phi) is 4.78. The Labute approximate surface area is 144 Å². The molecule has 1 aliphatic heterocycles. The molecule has 3 rings (SSSR count). The van der Waals surface area contributed by atoms with E-state index in [9.17, 15) is 8.42 Å². The molecular formula is C18H25N3O2S. The zero-order valence-electron chi connectivity index (χ0n) is 14.6. The molecule has 1 saturated heterocycles. The van der Waals surface area contributed by atoms with Crippen molar-refractivity contribution in [3.05, 3.63) is 36.0 Å². The molecule has 0 radical (unpaired) electrons. The van der Waals surface area contributed by atoms with Crippen LogP contribution in [0.5, 0.6) is 0 Å². The Bertz CT molecular complexity index is 833. The fourth-order valence-electron chi connectivity index (χ4n) is 3.28. The van der Waals surface area contributed by atoms with Crippen molar-refractivity contribution in [2.45, 2.75) is 25.9 Å². The fraction of sp³-hybridized carbons (Fsp3) is 0.500. The van der Waals surface area contributed by atoms with Gasteiger partial charge in [-0.2, -0.15) is 0 Å². The predicted molar refractivity (Wildman–Crippen MR) is 99.2 cm³/mol. The Morgan fingerprint density at radius 2 is 1.92 bits per heavy atom. The van der Waals surface area contributed by atoms with E-state index in [0.717, 1.165) is 23.3 Å². The van der Waals surface area contributed by atoms with Gasteiger partial charge in [-0.3, -0.25) is 4.90 Å². The summed E-state index contributed by atoms with van der Waals surface area (Å²) in [6.45, 7) is 3.44. The predicted octanol–water partition coefficient (Wildman–Crippen LogP) is 2.31. The van der Waals surface area contributed by atoms with E-state index in [4.69, 9.17) is 0 Å². The molecule has 2 heterocycles. The van der Waals surface area contributed by atoms with Crippen LogP contribution in [0.3, 0.4) is 0 Å². The summed E-state index contributed by atoms with van der Waals surface area (Å²) in [6, 6.07) is 8.55. The first-order chi connectivity index (χ1) is 11.4. The third kappa shape index (κ3) is 3.54. The summed E-state index contributed by atoms with van der Waals surface area (Å²) in [5.74, 6) is 1.50. The quantitative estimate of drug-likeness (QED) is 0.853. The standard InChI is InChI=1S/C18H25N3O2S/c1-14-8-10-24(22,23)11-9-21(14)13-15-12-19-18(20(2)3)17-7-5-4-6-16(15)17/h4-7,12,14H,8-11,13H2,1-3H3. The van der Waals surface area contributed by atoms with Crippen LogP contribution in [-0.2, 0) is 16.4 Å². The molecule has 6 heteroatoms. The fourth-order valence-corrected chi connectivity index (χ4v) is 4.70. The lowest BCUT2D eigenvalue weighted by atomic mass is 10.1. The maximum absolute atomic E-state index is 11.9. The van der Waals surface area contributed by atoms with Crippen LogP contribution in [0.4, 0.5) is 5.82 Å². The number of anilines is 1. The van der Waals surface area contributed by atoms with Crippen LogP contribution in [-0.4, -0.2) is 56.5 Å². The average Bonchev–Trinajstić information content (AvgIpc) is 2.68. The van der Waals surface area contributed by atoms with Gasteiger partial charge in [0.05, 0.1) is 11.5 Å². The highest BCUT2D eigenvalue weighted by Crippen LogP contribution is 2.27. The number of fused-ring (bicyclic) bond motifs is 1. The number of hydrogen-bond acceptors (Lipinski definition) is 5. The monoisotopic (exact) mass is 347 g/mol. The summed E-state index contributed by atoms with van der Waals surface area (Å²) in [7, 11) is 1.09. The average molecular weight is 347 g/mol. The molecule has 1 atom stereocenters. The molecule has 0 saturated carbocycles. The molecule has 1 aromatic heterocycles. The van der Waals surface area contributed by atoms with Gasteiger partial charge in [0, 0.05) is 44.8 Å².